The number of amides is 1. The van der Waals surface area contributed by atoms with Crippen LogP contribution in [0.5, 0.6) is 0 Å². The Morgan fingerprint density at radius 3 is 2.50 bits per heavy atom. The van der Waals surface area contributed by atoms with Crippen molar-refractivity contribution in [2.45, 2.75) is 17.9 Å². The van der Waals surface area contributed by atoms with Gasteiger partial charge >= 0.3 is 0 Å². The van der Waals surface area contributed by atoms with Crippen LogP contribution in [0.25, 0.3) is 10.9 Å². The molecule has 0 bridgehead atoms. The summed E-state index contributed by atoms with van der Waals surface area (Å²) in [7, 11) is -2.13. The largest absolute Gasteiger partial charge is 0.332 e. The van der Waals surface area contributed by atoms with E-state index in [1.54, 1.807) is 23.1 Å². The van der Waals surface area contributed by atoms with Crippen molar-refractivity contribution in [2.24, 2.45) is 0 Å². The van der Waals surface area contributed by atoms with Gasteiger partial charge in [-0.15, -0.1) is 0 Å². The number of carbonyl (C=O) groups excluding carboxylic acids is 1. The zero-order chi connectivity index (χ0) is 22.3. The van der Waals surface area contributed by atoms with Gasteiger partial charge in [-0.05, 0) is 54.9 Å². The lowest BCUT2D eigenvalue weighted by Gasteiger charge is -2.19. The molecule has 0 unspecified atom stereocenters. The summed E-state index contributed by atoms with van der Waals surface area (Å²) in [6, 6.07) is 25.0. The van der Waals surface area contributed by atoms with Gasteiger partial charge in [0.25, 0.3) is 5.91 Å². The first-order chi connectivity index (χ1) is 15.5. The SMILES string of the molecule is CNS(=O)(=O)c1ccc2c(c1)CCN2C(=O)c1cc2ccccc2n1Cc1ccccc1. The zero-order valence-electron chi connectivity index (χ0n) is 17.7. The third-order valence-electron chi connectivity index (χ3n) is 5.98. The molecule has 0 spiro atoms. The Hall–Kier alpha value is -3.42. The minimum Gasteiger partial charge on any atom is -0.332 e. The molecule has 0 aliphatic carbocycles. The summed E-state index contributed by atoms with van der Waals surface area (Å²) in [5.41, 5.74) is 4.37. The lowest BCUT2D eigenvalue weighted by atomic mass is 10.2. The van der Waals surface area contributed by atoms with Crippen LogP contribution in [0, 0.1) is 0 Å². The molecule has 162 valence electrons. The monoisotopic (exact) mass is 445 g/mol. The summed E-state index contributed by atoms with van der Waals surface area (Å²) in [5.74, 6) is -0.0832. The molecule has 1 N–H and O–H groups in total. The van der Waals surface area contributed by atoms with Crippen LogP contribution >= 0.6 is 0 Å². The van der Waals surface area contributed by atoms with Crippen LogP contribution in [0.4, 0.5) is 5.69 Å². The van der Waals surface area contributed by atoms with Gasteiger partial charge in [-0.2, -0.15) is 0 Å². The highest BCUT2D eigenvalue weighted by Gasteiger charge is 2.29. The molecule has 0 saturated heterocycles. The summed E-state index contributed by atoms with van der Waals surface area (Å²) in [6.45, 7) is 1.11. The molecule has 1 aliphatic rings. The van der Waals surface area contributed by atoms with E-state index >= 15 is 0 Å². The number of anilines is 1. The second-order valence-corrected chi connectivity index (χ2v) is 9.75. The molecule has 1 aliphatic heterocycles. The maximum atomic E-state index is 13.7. The van der Waals surface area contributed by atoms with Gasteiger partial charge in [0.2, 0.25) is 10.0 Å². The Morgan fingerprint density at radius 1 is 0.969 bits per heavy atom. The summed E-state index contributed by atoms with van der Waals surface area (Å²) >= 11 is 0. The molecule has 4 aromatic rings. The number of nitrogens with zero attached hydrogens (tertiary/aromatic N) is 2. The first-order valence-electron chi connectivity index (χ1n) is 10.5. The molecular formula is C25H23N3O3S. The second-order valence-electron chi connectivity index (χ2n) is 7.87. The van der Waals surface area contributed by atoms with Crippen LogP contribution in [-0.2, 0) is 23.0 Å². The highest BCUT2D eigenvalue weighted by Crippen LogP contribution is 2.32. The fraction of sp³-hybridized carbons (Fsp3) is 0.160. The number of benzene rings is 3. The number of aromatic nitrogens is 1. The van der Waals surface area contributed by atoms with E-state index in [2.05, 4.69) is 21.4 Å². The molecule has 3 aromatic carbocycles. The van der Waals surface area contributed by atoms with Crippen molar-refractivity contribution < 1.29 is 13.2 Å². The Kier molecular flexibility index (Phi) is 5.07. The number of nitrogens with one attached hydrogen (secondary N) is 1. The summed E-state index contributed by atoms with van der Waals surface area (Å²) in [4.78, 5) is 15.7. The van der Waals surface area contributed by atoms with Crippen LogP contribution in [0.15, 0.2) is 83.8 Å². The summed E-state index contributed by atoms with van der Waals surface area (Å²) < 4.78 is 28.7. The van der Waals surface area contributed by atoms with Gasteiger partial charge in [0.15, 0.2) is 0 Å². The number of carbonyl (C=O) groups is 1. The Balaban J connectivity index is 1.55. The Labute approximate surface area is 187 Å². The van der Waals surface area contributed by atoms with Gasteiger partial charge in [-0.25, -0.2) is 13.1 Å². The maximum absolute atomic E-state index is 13.7. The molecule has 1 amide bonds. The van der Waals surface area contributed by atoms with Crippen LogP contribution in [0.2, 0.25) is 0 Å². The zero-order valence-corrected chi connectivity index (χ0v) is 18.5. The van der Waals surface area contributed by atoms with Crippen LogP contribution < -0.4 is 9.62 Å². The Morgan fingerprint density at radius 2 is 1.72 bits per heavy atom. The molecule has 0 saturated carbocycles. The average molecular weight is 446 g/mol. The third kappa shape index (κ3) is 3.49. The third-order valence-corrected chi connectivity index (χ3v) is 7.40. The molecule has 0 radical (unpaired) electrons. The number of para-hydroxylation sites is 1. The van der Waals surface area contributed by atoms with E-state index < -0.39 is 10.0 Å². The lowest BCUT2D eigenvalue weighted by molar-refractivity contribution is 0.0981. The van der Waals surface area contributed by atoms with Crippen molar-refractivity contribution in [1.82, 2.24) is 9.29 Å². The van der Waals surface area contributed by atoms with E-state index in [0.717, 1.165) is 27.7 Å². The van der Waals surface area contributed by atoms with Gasteiger partial charge < -0.3 is 9.47 Å². The average Bonchev–Trinajstić information content (AvgIpc) is 3.41. The molecule has 7 heteroatoms. The van der Waals surface area contributed by atoms with Gasteiger partial charge in [-0.1, -0.05) is 48.5 Å². The Bertz CT molecular complexity index is 1430. The van der Waals surface area contributed by atoms with E-state index in [-0.39, 0.29) is 10.8 Å². The summed E-state index contributed by atoms with van der Waals surface area (Å²) in [6.07, 6.45) is 0.618. The molecule has 1 aromatic heterocycles. The normalized spacial score (nSPS) is 13.5. The first-order valence-corrected chi connectivity index (χ1v) is 12.0. The van der Waals surface area contributed by atoms with Crippen LogP contribution in [0.3, 0.4) is 0 Å². The predicted molar refractivity (Wildman–Crippen MR) is 126 cm³/mol. The van der Waals surface area contributed by atoms with Crippen molar-refractivity contribution in [3.8, 4) is 0 Å². The van der Waals surface area contributed by atoms with E-state index in [9.17, 15) is 13.2 Å². The van der Waals surface area contributed by atoms with Crippen molar-refractivity contribution in [1.29, 1.82) is 0 Å². The van der Waals surface area contributed by atoms with Gasteiger partial charge in [0, 0.05) is 29.7 Å². The molecule has 5 rings (SSSR count). The lowest BCUT2D eigenvalue weighted by Crippen LogP contribution is -2.31. The molecule has 6 nitrogen and oxygen atoms in total. The topological polar surface area (TPSA) is 71.4 Å². The van der Waals surface area contributed by atoms with Gasteiger partial charge in [-0.3, -0.25) is 4.79 Å². The fourth-order valence-corrected chi connectivity index (χ4v) is 5.12. The standard InChI is InChI=1S/C25H23N3O3S/c1-26-32(30,31)21-11-12-23-20(15-21)13-14-27(23)25(29)24-16-19-9-5-6-10-22(19)28(24)17-18-7-3-2-4-8-18/h2-12,15-16,26H,13-14,17H2,1H3. The smallest absolute Gasteiger partial charge is 0.274 e. The molecular weight excluding hydrogens is 422 g/mol. The highest BCUT2D eigenvalue weighted by molar-refractivity contribution is 7.89. The summed E-state index contributed by atoms with van der Waals surface area (Å²) in [5, 5.41) is 1.02. The minimum atomic E-state index is -3.53. The minimum absolute atomic E-state index is 0.0832. The van der Waals surface area contributed by atoms with E-state index in [1.807, 2.05) is 48.5 Å². The van der Waals surface area contributed by atoms with Crippen LogP contribution in [-0.4, -0.2) is 32.5 Å². The van der Waals surface area contributed by atoms with Crippen molar-refractivity contribution in [3.63, 3.8) is 0 Å². The van der Waals surface area contributed by atoms with Crippen LogP contribution in [0.1, 0.15) is 21.6 Å². The van der Waals surface area contributed by atoms with Gasteiger partial charge in [0.05, 0.1) is 4.90 Å². The van der Waals surface area contributed by atoms with Crippen molar-refractivity contribution >= 4 is 32.5 Å². The quantitative estimate of drug-likeness (QED) is 0.508. The second kappa shape index (κ2) is 7.93. The fourth-order valence-electron chi connectivity index (χ4n) is 4.34. The number of hydrogen-bond donors (Lipinski definition) is 1. The molecule has 0 atom stereocenters. The molecule has 0 fully saturated rings. The van der Waals surface area contributed by atoms with E-state index in [1.165, 1.54) is 7.05 Å². The first kappa shape index (κ1) is 20.5. The number of sulfonamides is 1. The van der Waals surface area contributed by atoms with Gasteiger partial charge in [0.1, 0.15) is 5.69 Å². The van der Waals surface area contributed by atoms with Crippen molar-refractivity contribution in [2.75, 3.05) is 18.5 Å². The number of hydrogen-bond acceptors (Lipinski definition) is 3. The number of rotatable bonds is 5. The van der Waals surface area contributed by atoms with E-state index in [4.69, 9.17) is 0 Å². The highest BCUT2D eigenvalue weighted by atomic mass is 32.2. The molecule has 32 heavy (non-hydrogen) atoms. The molecule has 2 heterocycles. The van der Waals surface area contributed by atoms with Crippen molar-refractivity contribution in [3.05, 3.63) is 95.7 Å². The number of fused-ring (bicyclic) bond motifs is 2. The maximum Gasteiger partial charge on any atom is 0.274 e. The predicted octanol–water partition coefficient (Wildman–Crippen LogP) is 3.80. The van der Waals surface area contributed by atoms with E-state index in [0.29, 0.717) is 25.2 Å².